The lowest BCUT2D eigenvalue weighted by Crippen LogP contribution is -2.44. The fourth-order valence-corrected chi connectivity index (χ4v) is 2.54. The van der Waals surface area contributed by atoms with E-state index < -0.39 is 37.3 Å². The molecule has 2 aromatic rings. The number of hydrogen-bond acceptors (Lipinski definition) is 9. The summed E-state index contributed by atoms with van der Waals surface area (Å²) in [7, 11) is 0. The minimum Gasteiger partial charge on any atom is -0.394 e. The Morgan fingerprint density at radius 3 is 2.73 bits per heavy atom. The number of imidazole rings is 1. The van der Waals surface area contributed by atoms with Crippen LogP contribution in [-0.2, 0) is 4.74 Å². The average molecular weight is 311 g/mol. The van der Waals surface area contributed by atoms with Crippen LogP contribution in [-0.4, -0.2) is 71.0 Å². The van der Waals surface area contributed by atoms with E-state index in [4.69, 9.17) is 10.5 Å². The van der Waals surface area contributed by atoms with Crippen LogP contribution in [0.1, 0.15) is 12.6 Å². The molecule has 0 aromatic carbocycles. The number of aliphatic hydroxyl groups is 4. The topological polar surface area (TPSA) is 160 Å². The summed E-state index contributed by atoms with van der Waals surface area (Å²) in [4.78, 5) is 12.0. The fourth-order valence-electron chi connectivity index (χ4n) is 2.54. The summed E-state index contributed by atoms with van der Waals surface area (Å²) >= 11 is 0. The van der Waals surface area contributed by atoms with Crippen molar-refractivity contribution in [1.82, 2.24) is 19.5 Å². The number of rotatable bonds is 2. The summed E-state index contributed by atoms with van der Waals surface area (Å²) in [6.07, 6.45) is -3.19. The van der Waals surface area contributed by atoms with E-state index in [0.717, 1.165) is 0 Å². The molecule has 1 aliphatic heterocycles. The molecule has 120 valence electrons. The number of hydrogen-bond donors (Lipinski definition) is 5. The van der Waals surface area contributed by atoms with Gasteiger partial charge in [0, 0.05) is 6.42 Å². The summed E-state index contributed by atoms with van der Waals surface area (Å²) in [5.74, 6) is 0.205. The lowest BCUT2D eigenvalue weighted by Gasteiger charge is -2.24. The molecule has 0 amide bonds. The number of ether oxygens (including phenoxy) is 1. The molecule has 10 heteroatoms. The van der Waals surface area contributed by atoms with Crippen molar-refractivity contribution >= 4 is 17.0 Å². The number of nitrogens with zero attached hydrogens (tertiary/aromatic N) is 4. The third-order valence-corrected chi connectivity index (χ3v) is 3.78. The smallest absolute Gasteiger partial charge is 0.167 e. The molecule has 3 heterocycles. The number of nitrogens with two attached hydrogens (primary N) is 1. The molecule has 0 spiro atoms. The molecule has 5 atom stereocenters. The predicted molar refractivity (Wildman–Crippen MR) is 73.4 cm³/mol. The highest BCUT2D eigenvalue weighted by Gasteiger charge is 2.39. The summed E-state index contributed by atoms with van der Waals surface area (Å²) in [5, 5.41) is 39.0. The van der Waals surface area contributed by atoms with E-state index in [9.17, 15) is 20.4 Å². The van der Waals surface area contributed by atoms with Gasteiger partial charge < -0.3 is 30.9 Å². The van der Waals surface area contributed by atoms with Gasteiger partial charge in [-0.2, -0.15) is 0 Å². The minimum atomic E-state index is -1.42. The first-order valence-electron chi connectivity index (χ1n) is 6.76. The third kappa shape index (κ3) is 2.40. The highest BCUT2D eigenvalue weighted by atomic mass is 16.5. The number of anilines is 1. The van der Waals surface area contributed by atoms with Crippen LogP contribution in [0.25, 0.3) is 11.2 Å². The highest BCUT2D eigenvalue weighted by Crippen LogP contribution is 2.29. The van der Waals surface area contributed by atoms with Gasteiger partial charge in [0.1, 0.15) is 36.4 Å². The molecule has 0 saturated carbocycles. The van der Waals surface area contributed by atoms with Gasteiger partial charge >= 0.3 is 0 Å². The number of aromatic nitrogens is 4. The zero-order valence-electron chi connectivity index (χ0n) is 11.5. The summed E-state index contributed by atoms with van der Waals surface area (Å²) in [5.41, 5.74) is 6.49. The maximum absolute atomic E-state index is 9.97. The average Bonchev–Trinajstić information content (AvgIpc) is 2.91. The zero-order chi connectivity index (χ0) is 15.9. The first-order chi connectivity index (χ1) is 10.5. The maximum Gasteiger partial charge on any atom is 0.167 e. The van der Waals surface area contributed by atoms with Gasteiger partial charge in [0.15, 0.2) is 11.5 Å². The Bertz CT molecular complexity index is 664. The molecule has 0 bridgehead atoms. The standard InChI is InChI=1S/C12H17N5O5/c13-11-8-12(15-3-14-11)17(4-16-8)7-1-5(19)9(20)10(21)6(2-18)22-7/h3-7,9-10,18-21H,1-2H2,(H2,13,14,15)/t5-,6?,7+,9?,10-/m0/s1. The molecule has 3 rings (SSSR count). The van der Waals surface area contributed by atoms with Crippen LogP contribution in [0.15, 0.2) is 12.7 Å². The van der Waals surface area contributed by atoms with E-state index in [1.807, 2.05) is 0 Å². The predicted octanol–water partition coefficient (Wildman–Crippen LogP) is -2.23. The zero-order valence-corrected chi connectivity index (χ0v) is 11.5. The highest BCUT2D eigenvalue weighted by molar-refractivity contribution is 5.81. The van der Waals surface area contributed by atoms with Crippen molar-refractivity contribution in [3.63, 3.8) is 0 Å². The second-order valence-corrected chi connectivity index (χ2v) is 5.18. The molecule has 1 saturated heterocycles. The van der Waals surface area contributed by atoms with Crippen molar-refractivity contribution in [3.05, 3.63) is 12.7 Å². The molecule has 22 heavy (non-hydrogen) atoms. The quantitative estimate of drug-likeness (QED) is 0.413. The van der Waals surface area contributed by atoms with Gasteiger partial charge in [-0.15, -0.1) is 0 Å². The van der Waals surface area contributed by atoms with Crippen molar-refractivity contribution < 1.29 is 25.2 Å². The van der Waals surface area contributed by atoms with Crippen molar-refractivity contribution in [1.29, 1.82) is 0 Å². The van der Waals surface area contributed by atoms with Gasteiger partial charge in [0.2, 0.25) is 0 Å². The lowest BCUT2D eigenvalue weighted by atomic mass is 10.0. The van der Waals surface area contributed by atoms with Crippen LogP contribution in [0.4, 0.5) is 5.82 Å². The molecular formula is C12H17N5O5. The van der Waals surface area contributed by atoms with Gasteiger partial charge in [-0.3, -0.25) is 4.57 Å². The molecule has 0 aliphatic carbocycles. The number of fused-ring (bicyclic) bond motifs is 1. The van der Waals surface area contributed by atoms with Crippen LogP contribution < -0.4 is 5.73 Å². The van der Waals surface area contributed by atoms with Gasteiger partial charge in [0.25, 0.3) is 0 Å². The Labute approximate surface area is 124 Å². The molecule has 1 aliphatic rings. The minimum absolute atomic E-state index is 0.00983. The molecule has 2 unspecified atom stereocenters. The molecule has 6 N–H and O–H groups in total. The van der Waals surface area contributed by atoms with E-state index in [-0.39, 0.29) is 12.2 Å². The maximum atomic E-state index is 9.97. The number of nitrogen functional groups attached to an aromatic ring is 1. The Balaban J connectivity index is 2.00. The van der Waals surface area contributed by atoms with Crippen LogP contribution in [0.5, 0.6) is 0 Å². The van der Waals surface area contributed by atoms with Gasteiger partial charge in [0.05, 0.1) is 19.0 Å². The Morgan fingerprint density at radius 2 is 2.00 bits per heavy atom. The van der Waals surface area contributed by atoms with E-state index in [1.54, 1.807) is 0 Å². The SMILES string of the molecule is Nc1ncnc2c1ncn2[C@H]1C[C@H](O)C(O)[C@@H](O)C(CO)O1. The van der Waals surface area contributed by atoms with Crippen LogP contribution in [0.3, 0.4) is 0 Å². The fraction of sp³-hybridized carbons (Fsp3) is 0.583. The van der Waals surface area contributed by atoms with E-state index in [1.165, 1.54) is 17.2 Å². The van der Waals surface area contributed by atoms with Crippen molar-refractivity contribution in [2.75, 3.05) is 12.3 Å². The Hall–Kier alpha value is -1.85. The van der Waals surface area contributed by atoms with Gasteiger partial charge in [-0.05, 0) is 0 Å². The normalized spacial score (nSPS) is 33.0. The van der Waals surface area contributed by atoms with Gasteiger partial charge in [-0.1, -0.05) is 0 Å². The molecular weight excluding hydrogens is 294 g/mol. The van der Waals surface area contributed by atoms with Crippen molar-refractivity contribution in [2.24, 2.45) is 0 Å². The number of aliphatic hydroxyl groups excluding tert-OH is 4. The summed E-state index contributed by atoms with van der Waals surface area (Å²) < 4.78 is 7.13. The molecule has 1 fully saturated rings. The monoisotopic (exact) mass is 311 g/mol. The Kier molecular flexibility index (Phi) is 3.93. The largest absolute Gasteiger partial charge is 0.394 e. The first-order valence-corrected chi connectivity index (χ1v) is 6.76. The summed E-state index contributed by atoms with van der Waals surface area (Å²) in [6.45, 7) is -0.509. The van der Waals surface area contributed by atoms with Crippen molar-refractivity contribution in [3.8, 4) is 0 Å². The lowest BCUT2D eigenvalue weighted by molar-refractivity contribution is -0.130. The first kappa shape index (κ1) is 15.1. The van der Waals surface area contributed by atoms with Crippen LogP contribution >= 0.6 is 0 Å². The Morgan fingerprint density at radius 1 is 1.23 bits per heavy atom. The second kappa shape index (κ2) is 5.74. The van der Waals surface area contributed by atoms with Crippen LogP contribution in [0.2, 0.25) is 0 Å². The summed E-state index contributed by atoms with van der Waals surface area (Å²) in [6, 6.07) is 0. The van der Waals surface area contributed by atoms with E-state index in [2.05, 4.69) is 15.0 Å². The molecule has 2 aromatic heterocycles. The molecule has 0 radical (unpaired) electrons. The van der Waals surface area contributed by atoms with E-state index >= 15 is 0 Å². The van der Waals surface area contributed by atoms with Crippen molar-refractivity contribution in [2.45, 2.75) is 37.1 Å². The second-order valence-electron chi connectivity index (χ2n) is 5.18. The third-order valence-electron chi connectivity index (χ3n) is 3.78. The van der Waals surface area contributed by atoms with Gasteiger partial charge in [-0.25, -0.2) is 15.0 Å². The van der Waals surface area contributed by atoms with Crippen LogP contribution in [0, 0.1) is 0 Å². The molecule has 10 nitrogen and oxygen atoms in total. The van der Waals surface area contributed by atoms with E-state index in [0.29, 0.717) is 11.2 Å².